The lowest BCUT2D eigenvalue weighted by molar-refractivity contribution is 0.193. The van der Waals surface area contributed by atoms with Crippen LogP contribution in [0.15, 0.2) is 29.6 Å². The second-order valence-corrected chi connectivity index (χ2v) is 9.44. The minimum Gasteiger partial charge on any atom is -0.302 e. The molecule has 21 heavy (non-hydrogen) atoms. The van der Waals surface area contributed by atoms with Gasteiger partial charge < -0.3 is 5.32 Å². The van der Waals surface area contributed by atoms with Crippen molar-refractivity contribution in [2.45, 2.75) is 51.6 Å². The van der Waals surface area contributed by atoms with Crippen LogP contribution in [0.1, 0.15) is 55.3 Å². The highest BCUT2D eigenvalue weighted by atomic mass is 35.5. The van der Waals surface area contributed by atoms with Gasteiger partial charge in [0.25, 0.3) is 0 Å². The van der Waals surface area contributed by atoms with Gasteiger partial charge in [-0.3, -0.25) is 0 Å². The van der Waals surface area contributed by atoms with E-state index in [4.69, 9.17) is 11.6 Å². The third-order valence-corrected chi connectivity index (χ3v) is 6.55. The third kappa shape index (κ3) is 3.89. The predicted molar refractivity (Wildman–Crippen MR) is 94.7 cm³/mol. The van der Waals surface area contributed by atoms with Gasteiger partial charge in [-0.25, -0.2) is 0 Å². The topological polar surface area (TPSA) is 12.0 Å². The van der Waals surface area contributed by atoms with Gasteiger partial charge >= 0.3 is 0 Å². The molecule has 0 bridgehead atoms. The molecule has 1 fully saturated rings. The van der Waals surface area contributed by atoms with Gasteiger partial charge in [-0.1, -0.05) is 37.9 Å². The largest absolute Gasteiger partial charge is 0.302 e. The number of nitrogens with one attached hydrogen (secondary N) is 1. The van der Waals surface area contributed by atoms with E-state index < -0.39 is 0 Å². The molecule has 2 aromatic rings. The third-order valence-electron chi connectivity index (χ3n) is 4.31. The van der Waals surface area contributed by atoms with Gasteiger partial charge in [-0.05, 0) is 48.3 Å². The maximum atomic E-state index is 6.15. The van der Waals surface area contributed by atoms with E-state index in [0.717, 1.165) is 4.34 Å². The van der Waals surface area contributed by atoms with Crippen LogP contribution < -0.4 is 5.32 Å². The Bertz CT molecular complexity index is 573. The SMILES string of the molecule is CC1(C)CCCC(NC(c2cccs2)c2ccc(Cl)s2)C1. The van der Waals surface area contributed by atoms with Gasteiger partial charge in [0, 0.05) is 15.8 Å². The van der Waals surface area contributed by atoms with E-state index >= 15 is 0 Å². The van der Waals surface area contributed by atoms with Crippen LogP contribution in [-0.4, -0.2) is 6.04 Å². The standard InChI is InChI=1S/C17H22ClNS2/c1-17(2)9-3-5-12(11-17)19-16(13-6-4-10-20-13)14-7-8-15(18)21-14/h4,6-8,10,12,16,19H,3,5,9,11H2,1-2H3. The molecular weight excluding hydrogens is 318 g/mol. The van der Waals surface area contributed by atoms with Crippen molar-refractivity contribution in [1.29, 1.82) is 0 Å². The van der Waals surface area contributed by atoms with E-state index in [1.807, 2.05) is 17.4 Å². The van der Waals surface area contributed by atoms with E-state index in [1.54, 1.807) is 11.3 Å². The normalized spacial score (nSPS) is 23.1. The van der Waals surface area contributed by atoms with Gasteiger partial charge in [0.2, 0.25) is 0 Å². The highest BCUT2D eigenvalue weighted by Crippen LogP contribution is 2.38. The van der Waals surface area contributed by atoms with Gasteiger partial charge in [0.1, 0.15) is 0 Å². The van der Waals surface area contributed by atoms with Crippen LogP contribution in [0.3, 0.4) is 0 Å². The summed E-state index contributed by atoms with van der Waals surface area (Å²) in [6.45, 7) is 4.78. The quantitative estimate of drug-likeness (QED) is 0.708. The second-order valence-electron chi connectivity index (χ2n) is 6.71. The van der Waals surface area contributed by atoms with Crippen molar-refractivity contribution in [3.63, 3.8) is 0 Å². The van der Waals surface area contributed by atoms with E-state index in [-0.39, 0.29) is 0 Å². The van der Waals surface area contributed by atoms with Crippen LogP contribution in [0.4, 0.5) is 0 Å². The van der Waals surface area contributed by atoms with Crippen molar-refractivity contribution in [3.8, 4) is 0 Å². The zero-order valence-electron chi connectivity index (χ0n) is 12.6. The lowest BCUT2D eigenvalue weighted by Crippen LogP contribution is -2.39. The Labute approximate surface area is 140 Å². The van der Waals surface area contributed by atoms with Gasteiger partial charge in [0.05, 0.1) is 10.4 Å². The molecule has 2 heterocycles. The molecule has 4 heteroatoms. The summed E-state index contributed by atoms with van der Waals surface area (Å²) >= 11 is 9.66. The Kier molecular flexibility index (Phi) is 4.75. The Morgan fingerprint density at radius 2 is 2.14 bits per heavy atom. The summed E-state index contributed by atoms with van der Waals surface area (Å²) in [5.74, 6) is 0. The highest BCUT2D eigenvalue weighted by molar-refractivity contribution is 7.16. The maximum Gasteiger partial charge on any atom is 0.0931 e. The Morgan fingerprint density at radius 1 is 1.29 bits per heavy atom. The van der Waals surface area contributed by atoms with Crippen molar-refractivity contribution in [1.82, 2.24) is 5.32 Å². The molecule has 2 unspecified atom stereocenters. The molecule has 0 aliphatic heterocycles. The van der Waals surface area contributed by atoms with E-state index in [1.165, 1.54) is 35.4 Å². The molecule has 1 aliphatic rings. The Balaban J connectivity index is 1.80. The van der Waals surface area contributed by atoms with Crippen LogP contribution in [0.25, 0.3) is 0 Å². The molecule has 0 amide bonds. The molecule has 0 saturated heterocycles. The Morgan fingerprint density at radius 3 is 2.76 bits per heavy atom. The first-order valence-electron chi connectivity index (χ1n) is 7.58. The van der Waals surface area contributed by atoms with Crippen molar-refractivity contribution >= 4 is 34.3 Å². The first kappa shape index (κ1) is 15.5. The van der Waals surface area contributed by atoms with Crippen molar-refractivity contribution < 1.29 is 0 Å². The summed E-state index contributed by atoms with van der Waals surface area (Å²) in [5, 5.41) is 6.06. The minimum absolute atomic E-state index is 0.293. The van der Waals surface area contributed by atoms with Crippen LogP contribution in [0.2, 0.25) is 4.34 Å². The van der Waals surface area contributed by atoms with Crippen LogP contribution in [-0.2, 0) is 0 Å². The smallest absolute Gasteiger partial charge is 0.0931 e. The summed E-state index contributed by atoms with van der Waals surface area (Å²) in [6.07, 6.45) is 5.21. The van der Waals surface area contributed by atoms with E-state index in [2.05, 4.69) is 42.7 Å². The van der Waals surface area contributed by atoms with Crippen LogP contribution in [0, 0.1) is 5.41 Å². The fourth-order valence-corrected chi connectivity index (χ4v) is 5.34. The minimum atomic E-state index is 0.293. The van der Waals surface area contributed by atoms with Gasteiger partial charge in [-0.2, -0.15) is 0 Å². The molecule has 2 atom stereocenters. The summed E-state index contributed by atoms with van der Waals surface area (Å²) in [4.78, 5) is 2.71. The average Bonchev–Trinajstić information content (AvgIpc) is 3.06. The molecule has 0 radical (unpaired) electrons. The fourth-order valence-electron chi connectivity index (χ4n) is 3.32. The van der Waals surface area contributed by atoms with Crippen molar-refractivity contribution in [2.75, 3.05) is 0 Å². The number of rotatable bonds is 4. The fraction of sp³-hybridized carbons (Fsp3) is 0.529. The first-order chi connectivity index (χ1) is 10.0. The second kappa shape index (κ2) is 6.41. The number of thiophene rings is 2. The molecule has 1 N–H and O–H groups in total. The highest BCUT2D eigenvalue weighted by Gasteiger charge is 2.30. The van der Waals surface area contributed by atoms with Gasteiger partial charge in [0.15, 0.2) is 0 Å². The molecule has 0 aromatic carbocycles. The molecule has 1 saturated carbocycles. The predicted octanol–water partition coefficient (Wildman–Crippen LogP) is 6.11. The monoisotopic (exact) mass is 339 g/mol. The number of hydrogen-bond acceptors (Lipinski definition) is 3. The van der Waals surface area contributed by atoms with Crippen molar-refractivity contribution in [3.05, 3.63) is 43.7 Å². The zero-order chi connectivity index (χ0) is 14.9. The molecule has 1 aliphatic carbocycles. The van der Waals surface area contributed by atoms with Crippen LogP contribution in [0.5, 0.6) is 0 Å². The maximum absolute atomic E-state index is 6.15. The number of hydrogen-bond donors (Lipinski definition) is 1. The molecule has 3 rings (SSSR count). The zero-order valence-corrected chi connectivity index (χ0v) is 15.0. The first-order valence-corrected chi connectivity index (χ1v) is 9.66. The lowest BCUT2D eigenvalue weighted by atomic mass is 9.75. The summed E-state index contributed by atoms with van der Waals surface area (Å²) in [6, 6.07) is 9.43. The van der Waals surface area contributed by atoms with Crippen molar-refractivity contribution in [2.24, 2.45) is 5.41 Å². The van der Waals surface area contributed by atoms with Gasteiger partial charge in [-0.15, -0.1) is 22.7 Å². The number of halogens is 1. The lowest BCUT2D eigenvalue weighted by Gasteiger charge is -2.37. The summed E-state index contributed by atoms with van der Waals surface area (Å²) in [7, 11) is 0. The average molecular weight is 340 g/mol. The molecule has 2 aromatic heterocycles. The summed E-state index contributed by atoms with van der Waals surface area (Å²) in [5.41, 5.74) is 0.461. The molecule has 114 valence electrons. The Hall–Kier alpha value is -0.350. The summed E-state index contributed by atoms with van der Waals surface area (Å²) < 4.78 is 0.873. The van der Waals surface area contributed by atoms with E-state index in [0.29, 0.717) is 17.5 Å². The molecule has 1 nitrogen and oxygen atoms in total. The molecule has 0 spiro atoms. The van der Waals surface area contributed by atoms with Crippen LogP contribution >= 0.6 is 34.3 Å². The molecular formula is C17H22ClNS2. The van der Waals surface area contributed by atoms with E-state index in [9.17, 15) is 0 Å².